The molecule has 0 atom stereocenters. The Kier molecular flexibility index (Phi) is 4.67. The molecule has 4 rings (SSSR count). The van der Waals surface area contributed by atoms with Crippen molar-refractivity contribution in [3.8, 4) is 16.9 Å². The predicted octanol–water partition coefficient (Wildman–Crippen LogP) is 7.85. The molecule has 0 aliphatic carbocycles. The van der Waals surface area contributed by atoms with E-state index in [9.17, 15) is 4.39 Å². The first kappa shape index (κ1) is 19.3. The van der Waals surface area contributed by atoms with Gasteiger partial charge in [-0.2, -0.15) is 0 Å². The molecule has 28 heavy (non-hydrogen) atoms. The lowest BCUT2D eigenvalue weighted by Crippen LogP contribution is -2.10. The Morgan fingerprint density at radius 3 is 2.46 bits per heavy atom. The fourth-order valence-corrected chi connectivity index (χ4v) is 4.26. The molecule has 0 unspecified atom stereocenters. The minimum Gasteiger partial charge on any atom is -0.496 e. The summed E-state index contributed by atoms with van der Waals surface area (Å²) in [6, 6.07) is 13.4. The number of nitrogens with one attached hydrogen (secondary N) is 1. The zero-order valence-corrected chi connectivity index (χ0v) is 18.4. The third-order valence-electron chi connectivity index (χ3n) is 5.10. The van der Waals surface area contributed by atoms with E-state index >= 15 is 0 Å². The van der Waals surface area contributed by atoms with Crippen LogP contribution in [0.25, 0.3) is 32.9 Å². The molecule has 0 saturated carbocycles. The molecule has 0 aliphatic rings. The minimum atomic E-state index is -0.450. The van der Waals surface area contributed by atoms with Crippen LogP contribution >= 0.6 is 27.5 Å². The number of aromatic nitrogens is 1. The molecule has 1 aromatic heterocycles. The van der Waals surface area contributed by atoms with Crippen LogP contribution in [0.5, 0.6) is 5.75 Å². The van der Waals surface area contributed by atoms with Crippen LogP contribution < -0.4 is 4.74 Å². The van der Waals surface area contributed by atoms with Crippen molar-refractivity contribution < 1.29 is 9.13 Å². The molecule has 5 heteroatoms. The Balaban J connectivity index is 2.09. The molecular weight excluding hydrogens is 441 g/mol. The lowest BCUT2D eigenvalue weighted by molar-refractivity contribution is 0.420. The first-order valence-corrected chi connectivity index (χ1v) is 10.2. The van der Waals surface area contributed by atoms with Crippen molar-refractivity contribution in [1.82, 2.24) is 4.98 Å². The highest BCUT2D eigenvalue weighted by atomic mass is 79.9. The van der Waals surface area contributed by atoms with Crippen molar-refractivity contribution in [2.24, 2.45) is 0 Å². The Morgan fingerprint density at radius 1 is 1.04 bits per heavy atom. The number of hydrogen-bond donors (Lipinski definition) is 1. The molecule has 0 saturated heterocycles. The summed E-state index contributed by atoms with van der Waals surface area (Å²) >= 11 is 9.54. The maximum atomic E-state index is 13.8. The summed E-state index contributed by atoms with van der Waals surface area (Å²) in [5.41, 5.74) is 5.00. The van der Waals surface area contributed by atoms with Gasteiger partial charge in [-0.05, 0) is 52.9 Å². The number of fused-ring (bicyclic) bond motifs is 3. The van der Waals surface area contributed by atoms with Crippen LogP contribution in [0.4, 0.5) is 4.39 Å². The minimum absolute atomic E-state index is 0.0378. The van der Waals surface area contributed by atoms with Gasteiger partial charge in [-0.25, -0.2) is 4.39 Å². The molecule has 0 amide bonds. The first-order valence-electron chi connectivity index (χ1n) is 8.98. The second-order valence-corrected chi connectivity index (χ2v) is 9.21. The highest BCUT2D eigenvalue weighted by molar-refractivity contribution is 9.10. The monoisotopic (exact) mass is 459 g/mol. The fourth-order valence-electron chi connectivity index (χ4n) is 3.57. The van der Waals surface area contributed by atoms with Gasteiger partial charge in [-0.15, -0.1) is 0 Å². The third kappa shape index (κ3) is 3.09. The molecular formula is C23H20BrClFNO. The number of ether oxygens (including phenoxy) is 1. The molecule has 0 fully saturated rings. The standard InChI is InChI=1S/C23H20BrClFNO/c1-23(2,3)12-5-7-19-15(9-12)21-20(28-4)8-6-13(22(21)27-19)14-10-17(25)18(26)11-16(14)24/h5-11,27H,1-4H3. The van der Waals surface area contributed by atoms with Gasteiger partial charge >= 0.3 is 0 Å². The summed E-state index contributed by atoms with van der Waals surface area (Å²) in [5.74, 6) is 0.342. The molecule has 1 heterocycles. The number of hydrogen-bond acceptors (Lipinski definition) is 1. The average molecular weight is 461 g/mol. The second kappa shape index (κ2) is 6.78. The van der Waals surface area contributed by atoms with Crippen LogP contribution in [-0.2, 0) is 5.41 Å². The average Bonchev–Trinajstić information content (AvgIpc) is 3.02. The van der Waals surface area contributed by atoms with E-state index in [2.05, 4.69) is 59.9 Å². The summed E-state index contributed by atoms with van der Waals surface area (Å²) in [7, 11) is 1.67. The normalized spacial score (nSPS) is 12.1. The van der Waals surface area contributed by atoms with E-state index in [1.807, 2.05) is 12.1 Å². The summed E-state index contributed by atoms with van der Waals surface area (Å²) in [5, 5.41) is 2.20. The van der Waals surface area contributed by atoms with Crippen molar-refractivity contribution in [2.45, 2.75) is 26.2 Å². The summed E-state index contributed by atoms with van der Waals surface area (Å²) in [6.07, 6.45) is 0. The maximum absolute atomic E-state index is 13.8. The highest BCUT2D eigenvalue weighted by Gasteiger charge is 2.20. The number of halogens is 3. The van der Waals surface area contributed by atoms with Gasteiger partial charge in [0.1, 0.15) is 11.6 Å². The Hall–Kier alpha value is -2.04. The fraction of sp³-hybridized carbons (Fsp3) is 0.217. The van der Waals surface area contributed by atoms with E-state index in [4.69, 9.17) is 16.3 Å². The van der Waals surface area contributed by atoms with Crippen molar-refractivity contribution in [1.29, 1.82) is 0 Å². The molecule has 144 valence electrons. The van der Waals surface area contributed by atoms with Crippen LogP contribution in [0.1, 0.15) is 26.3 Å². The molecule has 0 radical (unpaired) electrons. The molecule has 0 aliphatic heterocycles. The lowest BCUT2D eigenvalue weighted by atomic mass is 9.86. The van der Waals surface area contributed by atoms with Gasteiger partial charge in [-0.1, -0.05) is 54.4 Å². The molecule has 0 spiro atoms. The zero-order valence-electron chi connectivity index (χ0n) is 16.1. The SMILES string of the molecule is COc1ccc(-c2cc(Cl)c(F)cc2Br)c2[nH]c3ccc(C(C)(C)C)cc3c12. The summed E-state index contributed by atoms with van der Waals surface area (Å²) in [4.78, 5) is 3.52. The van der Waals surface area contributed by atoms with Crippen LogP contribution in [0.15, 0.2) is 46.9 Å². The largest absolute Gasteiger partial charge is 0.496 e. The van der Waals surface area contributed by atoms with Crippen LogP contribution in [0, 0.1) is 5.82 Å². The van der Waals surface area contributed by atoms with Gasteiger partial charge in [0.25, 0.3) is 0 Å². The summed E-state index contributed by atoms with van der Waals surface area (Å²) < 4.78 is 20.2. The van der Waals surface area contributed by atoms with Gasteiger partial charge in [0, 0.05) is 26.3 Å². The molecule has 1 N–H and O–H groups in total. The van der Waals surface area contributed by atoms with Crippen LogP contribution in [0.3, 0.4) is 0 Å². The Labute approximate surface area is 176 Å². The Morgan fingerprint density at radius 2 is 1.79 bits per heavy atom. The van der Waals surface area contributed by atoms with Gasteiger partial charge in [-0.3, -0.25) is 0 Å². The Bertz CT molecular complexity index is 1220. The smallest absolute Gasteiger partial charge is 0.142 e. The van der Waals surface area contributed by atoms with Crippen LogP contribution in [-0.4, -0.2) is 12.1 Å². The van der Waals surface area contributed by atoms with E-state index in [0.717, 1.165) is 38.7 Å². The van der Waals surface area contributed by atoms with E-state index in [-0.39, 0.29) is 10.4 Å². The molecule has 2 nitrogen and oxygen atoms in total. The third-order valence-corrected chi connectivity index (χ3v) is 6.05. The number of benzene rings is 3. The summed E-state index contributed by atoms with van der Waals surface area (Å²) in [6.45, 7) is 6.59. The molecule has 3 aromatic carbocycles. The van der Waals surface area contributed by atoms with Crippen molar-refractivity contribution in [2.75, 3.05) is 7.11 Å². The highest BCUT2D eigenvalue weighted by Crippen LogP contribution is 2.42. The van der Waals surface area contributed by atoms with E-state index in [1.54, 1.807) is 13.2 Å². The number of H-pyrrole nitrogens is 1. The molecule has 4 aromatic rings. The molecule has 0 bridgehead atoms. The first-order chi connectivity index (χ1) is 13.2. The second-order valence-electron chi connectivity index (χ2n) is 7.95. The topological polar surface area (TPSA) is 25.0 Å². The zero-order chi connectivity index (χ0) is 20.2. The number of aromatic amines is 1. The van der Waals surface area contributed by atoms with E-state index in [0.29, 0.717) is 4.47 Å². The lowest BCUT2D eigenvalue weighted by Gasteiger charge is -2.19. The van der Waals surface area contributed by atoms with Gasteiger partial charge in [0.2, 0.25) is 0 Å². The van der Waals surface area contributed by atoms with E-state index in [1.165, 1.54) is 11.6 Å². The maximum Gasteiger partial charge on any atom is 0.142 e. The quantitative estimate of drug-likeness (QED) is 0.303. The van der Waals surface area contributed by atoms with Crippen molar-refractivity contribution in [3.63, 3.8) is 0 Å². The van der Waals surface area contributed by atoms with Crippen LogP contribution in [0.2, 0.25) is 5.02 Å². The number of rotatable bonds is 2. The van der Waals surface area contributed by atoms with Crippen molar-refractivity contribution in [3.05, 3.63) is 63.3 Å². The van der Waals surface area contributed by atoms with Gasteiger partial charge in [0.05, 0.1) is 17.6 Å². The van der Waals surface area contributed by atoms with Crippen molar-refractivity contribution >= 4 is 49.3 Å². The predicted molar refractivity (Wildman–Crippen MR) is 119 cm³/mol. The van der Waals surface area contributed by atoms with Gasteiger partial charge < -0.3 is 9.72 Å². The number of methoxy groups -OCH3 is 1. The van der Waals surface area contributed by atoms with E-state index < -0.39 is 5.82 Å². The van der Waals surface area contributed by atoms with Gasteiger partial charge in [0.15, 0.2) is 0 Å².